The number of nitrogens with one attached hydrogen (secondary N) is 4. The van der Waals surface area contributed by atoms with E-state index in [1.165, 1.54) is 30.9 Å². The van der Waals surface area contributed by atoms with Crippen LogP contribution >= 0.6 is 0 Å². The standard InChI is InChI=1S/C47H61N9O6/c1-27(2)39(52-45(59)61-6)43(57)55-23-8-11-36(55)41-48-25-34(50-41)30-15-13-29(14-16-30)31-17-18-32(33-19-21-47(38(31)33)20-10-22-54(47)5)35-26-49-42(51-35)37-12-9-24-56(37)44(58)40(28(3)4)53-46(60)62-7/h13-18,25-28,36-37,39-40H,8-12,19-24H2,1-7H3,(H,48,50)(H,49,51)(H,52,59)(H,53,60). The van der Waals surface area contributed by atoms with Gasteiger partial charge in [0, 0.05) is 24.2 Å². The first-order valence-electron chi connectivity index (χ1n) is 22.2. The first-order valence-corrected chi connectivity index (χ1v) is 22.2. The monoisotopic (exact) mass is 847 g/mol. The lowest BCUT2D eigenvalue weighted by atomic mass is 9.82. The Morgan fingerprint density at radius 2 is 1.21 bits per heavy atom. The fourth-order valence-corrected chi connectivity index (χ4v) is 10.5. The van der Waals surface area contributed by atoms with Crippen LogP contribution in [0.25, 0.3) is 33.6 Å². The molecule has 3 saturated heterocycles. The van der Waals surface area contributed by atoms with E-state index in [9.17, 15) is 19.2 Å². The first kappa shape index (κ1) is 43.0. The van der Waals surface area contributed by atoms with E-state index in [0.29, 0.717) is 13.1 Å². The minimum atomic E-state index is -0.694. The van der Waals surface area contributed by atoms with Gasteiger partial charge in [-0.2, -0.15) is 0 Å². The number of hydrogen-bond acceptors (Lipinski definition) is 9. The highest BCUT2D eigenvalue weighted by Crippen LogP contribution is 2.53. The molecule has 15 heteroatoms. The number of methoxy groups -OCH3 is 2. The van der Waals surface area contributed by atoms with E-state index in [0.717, 1.165) is 97.6 Å². The topological polar surface area (TPSA) is 178 Å². The molecule has 0 radical (unpaired) electrons. The number of carbonyl (C=O) groups is 4. The van der Waals surface area contributed by atoms with E-state index in [1.54, 1.807) is 0 Å². The number of alkyl carbamates (subject to hydrolysis) is 2. The van der Waals surface area contributed by atoms with Crippen LogP contribution in [0.3, 0.4) is 0 Å². The third-order valence-corrected chi connectivity index (χ3v) is 13.9. The number of amides is 4. The maximum Gasteiger partial charge on any atom is 0.407 e. The molecule has 1 spiro atoms. The van der Waals surface area contributed by atoms with Crippen molar-refractivity contribution in [2.75, 3.05) is 40.9 Å². The van der Waals surface area contributed by atoms with Gasteiger partial charge in [0.25, 0.3) is 0 Å². The molecular formula is C47H61N9O6. The summed E-state index contributed by atoms with van der Waals surface area (Å²) in [5.41, 5.74) is 9.02. The van der Waals surface area contributed by atoms with Gasteiger partial charge >= 0.3 is 12.2 Å². The van der Waals surface area contributed by atoms with Crippen LogP contribution in [0.2, 0.25) is 0 Å². The molecule has 15 nitrogen and oxygen atoms in total. The van der Waals surface area contributed by atoms with E-state index < -0.39 is 24.3 Å². The van der Waals surface area contributed by atoms with Gasteiger partial charge in [0.2, 0.25) is 11.8 Å². The van der Waals surface area contributed by atoms with Crippen molar-refractivity contribution >= 4 is 24.0 Å². The van der Waals surface area contributed by atoms with E-state index >= 15 is 0 Å². The highest BCUT2D eigenvalue weighted by atomic mass is 16.5. The molecule has 4 aromatic rings. The van der Waals surface area contributed by atoms with Crippen LogP contribution in [0.5, 0.6) is 0 Å². The van der Waals surface area contributed by atoms with Gasteiger partial charge in [-0.05, 0) is 105 Å². The molecule has 2 aromatic heterocycles. The average molecular weight is 848 g/mol. The van der Waals surface area contributed by atoms with Crippen molar-refractivity contribution in [3.63, 3.8) is 0 Å². The Labute approximate surface area is 363 Å². The molecule has 4 amide bonds. The zero-order valence-corrected chi connectivity index (χ0v) is 37.0. The predicted molar refractivity (Wildman–Crippen MR) is 235 cm³/mol. The summed E-state index contributed by atoms with van der Waals surface area (Å²) in [5, 5.41) is 5.47. The molecule has 5 heterocycles. The van der Waals surface area contributed by atoms with E-state index in [1.807, 2.05) is 49.9 Å². The van der Waals surface area contributed by atoms with Crippen LogP contribution in [-0.2, 0) is 31.0 Å². The number of rotatable bonds is 11. The molecule has 330 valence electrons. The van der Waals surface area contributed by atoms with Crippen molar-refractivity contribution in [1.82, 2.24) is 45.3 Å². The predicted octanol–water partition coefficient (Wildman–Crippen LogP) is 7.09. The van der Waals surface area contributed by atoms with Crippen LogP contribution in [0.15, 0.2) is 48.8 Å². The Morgan fingerprint density at radius 3 is 1.73 bits per heavy atom. The normalized spacial score (nSPS) is 22.1. The number of hydrogen-bond donors (Lipinski definition) is 4. The van der Waals surface area contributed by atoms with E-state index in [-0.39, 0.29) is 41.3 Å². The van der Waals surface area contributed by atoms with Gasteiger partial charge < -0.3 is 39.9 Å². The molecule has 4 aliphatic rings. The van der Waals surface area contributed by atoms with Crippen LogP contribution in [-0.4, -0.2) is 112 Å². The lowest BCUT2D eigenvalue weighted by molar-refractivity contribution is -0.136. The molecule has 5 unspecified atom stereocenters. The highest BCUT2D eigenvalue weighted by molar-refractivity contribution is 5.87. The van der Waals surface area contributed by atoms with Gasteiger partial charge in [-0.1, -0.05) is 64.1 Å². The number of imidazole rings is 2. The molecule has 2 aromatic carbocycles. The Balaban J connectivity index is 1.05. The zero-order valence-electron chi connectivity index (χ0n) is 37.0. The number of ether oxygens (including phenoxy) is 2. The maximum atomic E-state index is 13.8. The molecular weight excluding hydrogens is 787 g/mol. The van der Waals surface area contributed by atoms with Gasteiger partial charge in [-0.15, -0.1) is 0 Å². The number of H-pyrrole nitrogens is 2. The molecule has 3 aliphatic heterocycles. The number of benzene rings is 2. The SMILES string of the molecule is COC(=O)NC(C(=O)N1CCCC1c1ncc(-c2ccc(-c3ccc(-c4cnc(C5CCCN5C(=O)C(NC(=O)OC)C(C)C)[nH]4)c4c3C3(CCCN3C)CC4)cc2)[nH]1)C(C)C. The number of fused-ring (bicyclic) bond motifs is 2. The second kappa shape index (κ2) is 17.6. The molecule has 1 aliphatic carbocycles. The van der Waals surface area contributed by atoms with Gasteiger partial charge in [-0.25, -0.2) is 19.6 Å². The first-order chi connectivity index (χ1) is 29.8. The summed E-state index contributed by atoms with van der Waals surface area (Å²) < 4.78 is 9.62. The Kier molecular flexibility index (Phi) is 12.2. The third-order valence-electron chi connectivity index (χ3n) is 13.9. The summed E-state index contributed by atoms with van der Waals surface area (Å²) >= 11 is 0. The number of nitrogens with zero attached hydrogens (tertiary/aromatic N) is 5. The summed E-state index contributed by atoms with van der Waals surface area (Å²) in [4.78, 5) is 74.8. The maximum absolute atomic E-state index is 13.8. The van der Waals surface area contributed by atoms with Crippen LogP contribution in [0, 0.1) is 11.8 Å². The Morgan fingerprint density at radius 1 is 0.694 bits per heavy atom. The van der Waals surface area contributed by atoms with Crippen LogP contribution in [0.1, 0.15) is 108 Å². The minimum Gasteiger partial charge on any atom is -0.453 e. The van der Waals surface area contributed by atoms with Crippen LogP contribution in [0.4, 0.5) is 9.59 Å². The summed E-state index contributed by atoms with van der Waals surface area (Å²) in [6.07, 6.45) is 10.0. The summed E-state index contributed by atoms with van der Waals surface area (Å²) in [6, 6.07) is 11.3. The van der Waals surface area contributed by atoms with E-state index in [4.69, 9.17) is 19.4 Å². The van der Waals surface area contributed by atoms with Gasteiger partial charge in [-0.3, -0.25) is 14.5 Å². The minimum absolute atomic E-state index is 0.0564. The number of aromatic nitrogens is 4. The highest BCUT2D eigenvalue weighted by Gasteiger charge is 2.47. The van der Waals surface area contributed by atoms with Gasteiger partial charge in [0.15, 0.2) is 0 Å². The average Bonchev–Trinajstić information content (AvgIpc) is 4.13. The summed E-state index contributed by atoms with van der Waals surface area (Å²) in [7, 11) is 4.86. The van der Waals surface area contributed by atoms with Crippen molar-refractivity contribution in [3.8, 4) is 33.6 Å². The van der Waals surface area contributed by atoms with Crippen molar-refractivity contribution in [3.05, 3.63) is 71.6 Å². The van der Waals surface area contributed by atoms with Crippen molar-refractivity contribution in [1.29, 1.82) is 0 Å². The summed E-state index contributed by atoms with van der Waals surface area (Å²) in [6.45, 7) is 9.92. The molecule has 0 bridgehead atoms. The third kappa shape index (κ3) is 7.84. The molecule has 62 heavy (non-hydrogen) atoms. The second-order valence-electron chi connectivity index (χ2n) is 18.1. The zero-order chi connectivity index (χ0) is 43.9. The van der Waals surface area contributed by atoms with E-state index in [2.05, 4.69) is 68.9 Å². The van der Waals surface area contributed by atoms with Crippen molar-refractivity contribution < 1.29 is 28.7 Å². The second-order valence-corrected chi connectivity index (χ2v) is 18.1. The van der Waals surface area contributed by atoms with Gasteiger partial charge in [0.1, 0.15) is 23.7 Å². The van der Waals surface area contributed by atoms with Crippen molar-refractivity contribution in [2.24, 2.45) is 11.8 Å². The fourth-order valence-electron chi connectivity index (χ4n) is 10.5. The Hall–Kier alpha value is -5.70. The van der Waals surface area contributed by atoms with Crippen LogP contribution < -0.4 is 10.6 Å². The largest absolute Gasteiger partial charge is 0.453 e. The molecule has 0 saturated carbocycles. The van der Waals surface area contributed by atoms with Crippen molar-refractivity contribution in [2.45, 2.75) is 109 Å². The molecule has 8 rings (SSSR count). The lowest BCUT2D eigenvalue weighted by Crippen LogP contribution is -2.51. The number of aromatic amines is 2. The molecule has 4 N–H and O–H groups in total. The number of carbonyl (C=O) groups excluding carboxylic acids is 4. The summed E-state index contributed by atoms with van der Waals surface area (Å²) in [5.74, 6) is 1.02. The number of likely N-dealkylation sites (tertiary alicyclic amines) is 3. The Bertz CT molecular complexity index is 2300. The fraction of sp³-hybridized carbons (Fsp3) is 0.532. The van der Waals surface area contributed by atoms with Gasteiger partial charge in [0.05, 0.1) is 50.1 Å². The molecule has 3 fully saturated rings. The lowest BCUT2D eigenvalue weighted by Gasteiger charge is -2.35. The quantitative estimate of drug-likeness (QED) is 0.123. The molecule has 5 atom stereocenters. The smallest absolute Gasteiger partial charge is 0.407 e.